The van der Waals surface area contributed by atoms with Gasteiger partial charge in [0.15, 0.2) is 23.1 Å². The van der Waals surface area contributed by atoms with Gasteiger partial charge in [0.1, 0.15) is 5.75 Å². The molecule has 3 nitrogen and oxygen atoms in total. The molecule has 0 unspecified atom stereocenters. The molecule has 0 fully saturated rings. The van der Waals surface area contributed by atoms with Gasteiger partial charge in [-0.05, 0) is 73.5 Å². The fraction of sp³-hybridized carbons (Fsp3) is 0.308. The molecular weight excluding hydrogens is 493 g/mol. The minimum absolute atomic E-state index is 0.0973. The van der Waals surface area contributed by atoms with Crippen LogP contribution in [0.4, 0.5) is 30.7 Å². The molecule has 1 aliphatic carbocycles. The summed E-state index contributed by atoms with van der Waals surface area (Å²) in [6.45, 7) is 4.39. The van der Waals surface area contributed by atoms with E-state index in [4.69, 9.17) is 14.2 Å². The minimum atomic E-state index is -5.18. The Bertz CT molecular complexity index is 1290. The monoisotopic (exact) mass is 514 g/mol. The lowest BCUT2D eigenvalue weighted by Gasteiger charge is -2.36. The average molecular weight is 514 g/mol. The second kappa shape index (κ2) is 8.90. The Hall–Kier alpha value is -3.43. The molecule has 10 heteroatoms. The SMILES string of the molecule is CCOc1ccc([C@@](C)(F)Oc2ccc3c(c2F)C(F)(F)C(F)(F)c2c-3ccc(OCC)c2F)cc1. The molecule has 0 N–H and O–H groups in total. The lowest BCUT2D eigenvalue weighted by Crippen LogP contribution is -2.41. The van der Waals surface area contributed by atoms with Crippen LogP contribution in [0.3, 0.4) is 0 Å². The molecule has 0 aromatic heterocycles. The summed E-state index contributed by atoms with van der Waals surface area (Å²) in [5.74, 6) is -17.8. The van der Waals surface area contributed by atoms with Gasteiger partial charge in [-0.15, -0.1) is 0 Å². The van der Waals surface area contributed by atoms with E-state index in [1.165, 1.54) is 31.2 Å². The number of rotatable bonds is 7. The first-order valence-electron chi connectivity index (χ1n) is 11.0. The zero-order valence-electron chi connectivity index (χ0n) is 19.4. The fourth-order valence-electron chi connectivity index (χ4n) is 4.12. The Balaban J connectivity index is 1.82. The highest BCUT2D eigenvalue weighted by Crippen LogP contribution is 2.60. The van der Waals surface area contributed by atoms with Crippen LogP contribution in [0.15, 0.2) is 48.5 Å². The molecule has 4 rings (SSSR count). The molecule has 1 atom stereocenters. The summed E-state index contributed by atoms with van der Waals surface area (Å²) in [6.07, 6.45) is 0. The second-order valence-electron chi connectivity index (χ2n) is 8.16. The molecule has 0 spiro atoms. The van der Waals surface area contributed by atoms with Crippen LogP contribution >= 0.6 is 0 Å². The van der Waals surface area contributed by atoms with E-state index >= 15 is 26.3 Å². The largest absolute Gasteiger partial charge is 0.494 e. The maximum absolute atomic E-state index is 15.4. The van der Waals surface area contributed by atoms with E-state index in [1.807, 2.05) is 0 Å². The normalized spacial score (nSPS) is 16.9. The van der Waals surface area contributed by atoms with Crippen LogP contribution in [0.25, 0.3) is 11.1 Å². The number of fused-ring (bicyclic) bond motifs is 3. The van der Waals surface area contributed by atoms with Crippen molar-refractivity contribution >= 4 is 0 Å². The molecule has 0 radical (unpaired) electrons. The Kier molecular flexibility index (Phi) is 6.34. The summed E-state index contributed by atoms with van der Waals surface area (Å²) in [4.78, 5) is 0. The Morgan fingerprint density at radius 1 is 0.694 bits per heavy atom. The Morgan fingerprint density at radius 3 is 1.67 bits per heavy atom. The molecule has 0 bridgehead atoms. The third kappa shape index (κ3) is 3.92. The molecule has 0 saturated carbocycles. The van der Waals surface area contributed by atoms with Crippen molar-refractivity contribution in [2.24, 2.45) is 0 Å². The predicted octanol–water partition coefficient (Wildman–Crippen LogP) is 7.85. The van der Waals surface area contributed by atoms with Gasteiger partial charge in [-0.2, -0.15) is 22.0 Å². The molecular formula is C26H21F7O3. The maximum atomic E-state index is 15.4. The van der Waals surface area contributed by atoms with Gasteiger partial charge < -0.3 is 14.2 Å². The van der Waals surface area contributed by atoms with Crippen molar-refractivity contribution in [3.05, 3.63) is 76.9 Å². The molecule has 1 aliphatic rings. The van der Waals surface area contributed by atoms with E-state index in [0.29, 0.717) is 12.4 Å². The molecule has 3 aromatic carbocycles. The van der Waals surface area contributed by atoms with Crippen LogP contribution in [0.1, 0.15) is 37.5 Å². The first-order valence-corrected chi connectivity index (χ1v) is 11.0. The number of halogens is 7. The van der Waals surface area contributed by atoms with Gasteiger partial charge in [0.2, 0.25) is 0 Å². The molecule has 0 amide bonds. The van der Waals surface area contributed by atoms with E-state index in [9.17, 15) is 4.39 Å². The van der Waals surface area contributed by atoms with E-state index in [2.05, 4.69) is 0 Å². The van der Waals surface area contributed by atoms with Gasteiger partial charge in [-0.25, -0.2) is 8.78 Å². The molecule has 192 valence electrons. The zero-order chi connectivity index (χ0) is 26.5. The van der Waals surface area contributed by atoms with Crippen LogP contribution in [0.2, 0.25) is 0 Å². The lowest BCUT2D eigenvalue weighted by atomic mass is 9.79. The zero-order valence-corrected chi connectivity index (χ0v) is 19.4. The van der Waals surface area contributed by atoms with Gasteiger partial charge in [0.25, 0.3) is 5.85 Å². The highest BCUT2D eigenvalue weighted by atomic mass is 19.3. The maximum Gasteiger partial charge on any atom is 0.343 e. The summed E-state index contributed by atoms with van der Waals surface area (Å²) in [6, 6.07) is 9.08. The van der Waals surface area contributed by atoms with Gasteiger partial charge in [-0.3, -0.25) is 0 Å². The lowest BCUT2D eigenvalue weighted by molar-refractivity contribution is -0.228. The average Bonchev–Trinajstić information content (AvgIpc) is 2.81. The highest BCUT2D eigenvalue weighted by molar-refractivity contribution is 5.78. The van der Waals surface area contributed by atoms with Gasteiger partial charge >= 0.3 is 11.8 Å². The smallest absolute Gasteiger partial charge is 0.343 e. The first-order chi connectivity index (χ1) is 16.9. The quantitative estimate of drug-likeness (QED) is 0.301. The van der Waals surface area contributed by atoms with Crippen LogP contribution in [-0.4, -0.2) is 13.2 Å². The van der Waals surface area contributed by atoms with Gasteiger partial charge in [0, 0.05) is 12.5 Å². The summed E-state index contributed by atoms with van der Waals surface area (Å²) in [5, 5.41) is 0. The topological polar surface area (TPSA) is 27.7 Å². The number of hydrogen-bond acceptors (Lipinski definition) is 3. The number of alkyl halides is 5. The number of benzene rings is 3. The standard InChI is InChI=1S/C26H21F7O3/c1-4-34-15-8-6-14(7-9-15)24(3,29)36-19-13-11-17-16-10-12-18(35-5-2)22(27)20(16)25(30,31)26(32,33)21(17)23(19)28/h6-13H,4-5H2,1-3H3/t24-/m0/s1. The van der Waals surface area contributed by atoms with Crippen molar-refractivity contribution in [1.82, 2.24) is 0 Å². The van der Waals surface area contributed by atoms with Crippen LogP contribution in [0.5, 0.6) is 17.2 Å². The highest BCUT2D eigenvalue weighted by Gasteiger charge is 2.65. The van der Waals surface area contributed by atoms with E-state index in [-0.39, 0.29) is 12.2 Å². The molecule has 3 aromatic rings. The van der Waals surface area contributed by atoms with E-state index in [1.54, 1.807) is 6.92 Å². The van der Waals surface area contributed by atoms with Crippen molar-refractivity contribution in [2.75, 3.05) is 13.2 Å². The fourth-order valence-corrected chi connectivity index (χ4v) is 4.12. The van der Waals surface area contributed by atoms with Crippen molar-refractivity contribution in [3.63, 3.8) is 0 Å². The van der Waals surface area contributed by atoms with Gasteiger partial charge in [0.05, 0.1) is 24.3 Å². The minimum Gasteiger partial charge on any atom is -0.494 e. The van der Waals surface area contributed by atoms with Crippen molar-refractivity contribution in [2.45, 2.75) is 38.5 Å². The third-order valence-corrected chi connectivity index (χ3v) is 5.81. The molecule has 0 heterocycles. The summed E-state index contributed by atoms with van der Waals surface area (Å²) < 4.78 is 121. The van der Waals surface area contributed by atoms with E-state index < -0.39 is 63.1 Å². The van der Waals surface area contributed by atoms with Crippen LogP contribution in [-0.2, 0) is 17.7 Å². The Labute approximate surface area is 202 Å². The first kappa shape index (κ1) is 25.7. The molecule has 0 aliphatic heterocycles. The van der Waals surface area contributed by atoms with Crippen LogP contribution < -0.4 is 14.2 Å². The van der Waals surface area contributed by atoms with E-state index in [0.717, 1.165) is 31.2 Å². The molecule has 36 heavy (non-hydrogen) atoms. The third-order valence-electron chi connectivity index (χ3n) is 5.81. The van der Waals surface area contributed by atoms with Crippen molar-refractivity contribution in [3.8, 4) is 28.4 Å². The van der Waals surface area contributed by atoms with Crippen molar-refractivity contribution < 1.29 is 44.9 Å². The predicted molar refractivity (Wildman–Crippen MR) is 117 cm³/mol. The number of ether oxygens (including phenoxy) is 3. The number of hydrogen-bond donors (Lipinski definition) is 0. The van der Waals surface area contributed by atoms with Crippen LogP contribution in [0, 0.1) is 11.6 Å². The summed E-state index contributed by atoms with van der Waals surface area (Å²) in [7, 11) is 0. The van der Waals surface area contributed by atoms with Gasteiger partial charge in [-0.1, -0.05) is 0 Å². The van der Waals surface area contributed by atoms with Crippen molar-refractivity contribution in [1.29, 1.82) is 0 Å². The second-order valence-corrected chi connectivity index (χ2v) is 8.16. The summed E-state index contributed by atoms with van der Waals surface area (Å²) in [5.41, 5.74) is -4.74. The molecule has 0 saturated heterocycles. The summed E-state index contributed by atoms with van der Waals surface area (Å²) >= 11 is 0. The Morgan fingerprint density at radius 2 is 1.17 bits per heavy atom.